The highest BCUT2D eigenvalue weighted by atomic mass is 35.5. The van der Waals surface area contributed by atoms with Gasteiger partial charge in [0.05, 0.1) is 24.2 Å². The minimum absolute atomic E-state index is 0.0849. The van der Waals surface area contributed by atoms with Crippen molar-refractivity contribution < 1.29 is 23.1 Å². The number of aryl methyl sites for hydroxylation is 1. The van der Waals surface area contributed by atoms with E-state index in [1.54, 1.807) is 18.2 Å². The molecule has 1 fully saturated rings. The Morgan fingerprint density at radius 3 is 2.70 bits per heavy atom. The number of benzene rings is 2. The van der Waals surface area contributed by atoms with Crippen LogP contribution in [-0.2, 0) is 21.9 Å². The van der Waals surface area contributed by atoms with Gasteiger partial charge < -0.3 is 14.7 Å². The molecule has 0 radical (unpaired) electrons. The van der Waals surface area contributed by atoms with Gasteiger partial charge in [0.2, 0.25) is 10.0 Å². The number of carbonyl (C=O) groups excluding carboxylic acids is 1. The molecular formula is C31H39ClN2O5S. The first-order valence-corrected chi connectivity index (χ1v) is 16.6. The van der Waals surface area contributed by atoms with Crippen molar-refractivity contribution in [1.82, 2.24) is 4.72 Å². The summed E-state index contributed by atoms with van der Waals surface area (Å²) in [7, 11) is -3.76. The van der Waals surface area contributed by atoms with E-state index in [2.05, 4.69) is 28.7 Å². The quantitative estimate of drug-likeness (QED) is 0.439. The van der Waals surface area contributed by atoms with Crippen molar-refractivity contribution in [2.24, 2.45) is 11.3 Å². The van der Waals surface area contributed by atoms with Gasteiger partial charge in [0.1, 0.15) is 5.75 Å². The zero-order chi connectivity index (χ0) is 28.1. The Morgan fingerprint density at radius 2 is 1.90 bits per heavy atom. The number of hydrogen-bond acceptors (Lipinski definition) is 6. The number of carbonyl (C=O) groups is 1. The van der Waals surface area contributed by atoms with Gasteiger partial charge in [0.15, 0.2) is 0 Å². The van der Waals surface area contributed by atoms with Gasteiger partial charge in [-0.1, -0.05) is 37.4 Å². The molecule has 2 N–H and O–H groups in total. The molecule has 2 aromatic carbocycles. The summed E-state index contributed by atoms with van der Waals surface area (Å²) >= 11 is 6.38. The molecule has 9 heteroatoms. The number of aliphatic hydroxyl groups excluding tert-OH is 1. The number of anilines is 1. The number of amides is 1. The van der Waals surface area contributed by atoms with Crippen LogP contribution in [0.3, 0.4) is 0 Å². The molecule has 0 saturated heterocycles. The molecule has 4 atom stereocenters. The Hall–Kier alpha value is -2.29. The summed E-state index contributed by atoms with van der Waals surface area (Å²) in [6.45, 7) is 4.21. The maximum atomic E-state index is 13.1. The van der Waals surface area contributed by atoms with Crippen molar-refractivity contribution in [3.8, 4) is 5.75 Å². The predicted molar refractivity (Wildman–Crippen MR) is 157 cm³/mol. The number of nitrogens with one attached hydrogen (secondary N) is 1. The standard InChI is InChI=1S/C31H39ClN2O5S/c1-30-14-12-25(30)27(35)7-3-2-4-15-40(37,38)33-29(36)22-8-11-28-26(17-22)34(18-30)19-31(20-39-28)13-5-6-21-16-23(32)9-10-24(21)31/h8-11,16-17,25,27,35H,2-7,12-15,18-20H2,1H3,(H,33,36)/t25-,27+,30?,31-/m0/s1. The van der Waals surface area contributed by atoms with Crippen molar-refractivity contribution in [1.29, 1.82) is 0 Å². The third-order valence-electron chi connectivity index (χ3n) is 9.90. The van der Waals surface area contributed by atoms with Crippen molar-refractivity contribution >= 4 is 33.2 Å². The molecular weight excluding hydrogens is 548 g/mol. The van der Waals surface area contributed by atoms with E-state index >= 15 is 0 Å². The van der Waals surface area contributed by atoms with Gasteiger partial charge in [-0.05, 0) is 97.7 Å². The van der Waals surface area contributed by atoms with E-state index in [9.17, 15) is 18.3 Å². The Morgan fingerprint density at radius 1 is 1.05 bits per heavy atom. The topological polar surface area (TPSA) is 95.9 Å². The number of rotatable bonds is 0. The normalized spacial score (nSPS) is 32.1. The number of aliphatic hydroxyl groups is 1. The van der Waals surface area contributed by atoms with Crippen LogP contribution in [0, 0.1) is 11.3 Å². The number of ether oxygens (including phenoxy) is 1. The van der Waals surface area contributed by atoms with E-state index in [-0.39, 0.29) is 22.5 Å². The maximum Gasteiger partial charge on any atom is 0.264 e. The number of halogens is 1. The number of nitrogens with zero attached hydrogens (tertiary/aromatic N) is 1. The molecule has 2 heterocycles. The smallest absolute Gasteiger partial charge is 0.264 e. The summed E-state index contributed by atoms with van der Waals surface area (Å²) in [6, 6.07) is 11.4. The Labute approximate surface area is 242 Å². The zero-order valence-corrected chi connectivity index (χ0v) is 24.7. The number of hydrogen-bond donors (Lipinski definition) is 2. The first-order valence-electron chi connectivity index (χ1n) is 14.6. The second-order valence-electron chi connectivity index (χ2n) is 12.7. The first-order chi connectivity index (χ1) is 19.1. The van der Waals surface area contributed by atoms with Crippen LogP contribution >= 0.6 is 11.6 Å². The fourth-order valence-electron chi connectivity index (χ4n) is 7.60. The molecule has 4 aliphatic rings. The fourth-order valence-corrected chi connectivity index (χ4v) is 8.88. The van der Waals surface area contributed by atoms with Crippen LogP contribution in [0.1, 0.15) is 79.8 Å². The SMILES string of the molecule is CC12CC[C@H]1[C@H](O)CCCCCS(=O)(=O)NC(=O)c1ccc3c(c1)N(C2)C[C@@]1(CCCc2cc(Cl)ccc21)CO3. The highest BCUT2D eigenvalue weighted by molar-refractivity contribution is 7.90. The minimum Gasteiger partial charge on any atom is -0.490 e. The highest BCUT2D eigenvalue weighted by Gasteiger charge is 2.49. The van der Waals surface area contributed by atoms with Gasteiger partial charge in [-0.3, -0.25) is 4.79 Å². The monoisotopic (exact) mass is 586 g/mol. The molecule has 216 valence electrons. The van der Waals surface area contributed by atoms with Crippen molar-refractivity contribution in [2.45, 2.75) is 76.2 Å². The molecule has 1 spiro atoms. The Bertz CT molecular complexity index is 1410. The average molecular weight is 587 g/mol. The summed E-state index contributed by atoms with van der Waals surface area (Å²) in [5, 5.41) is 11.9. The molecule has 1 saturated carbocycles. The lowest BCUT2D eigenvalue weighted by atomic mass is 9.58. The van der Waals surface area contributed by atoms with E-state index in [0.717, 1.165) is 55.8 Å². The zero-order valence-electron chi connectivity index (χ0n) is 23.1. The second-order valence-corrected chi connectivity index (χ2v) is 15.0. The first kappa shape index (κ1) is 27.9. The maximum absolute atomic E-state index is 13.1. The largest absolute Gasteiger partial charge is 0.490 e. The second kappa shape index (κ2) is 10.5. The van der Waals surface area contributed by atoms with E-state index in [4.69, 9.17) is 16.3 Å². The van der Waals surface area contributed by atoms with E-state index in [1.807, 2.05) is 6.07 Å². The summed E-state index contributed by atoms with van der Waals surface area (Å²) in [5.41, 5.74) is 3.29. The van der Waals surface area contributed by atoms with Gasteiger partial charge in [-0.2, -0.15) is 0 Å². The average Bonchev–Trinajstić information content (AvgIpc) is 3.04. The van der Waals surface area contributed by atoms with Crippen molar-refractivity contribution in [3.63, 3.8) is 0 Å². The third-order valence-corrected chi connectivity index (χ3v) is 11.5. The predicted octanol–water partition coefficient (Wildman–Crippen LogP) is 5.22. The molecule has 2 aromatic rings. The lowest BCUT2D eigenvalue weighted by molar-refractivity contribution is -0.0503. The molecule has 2 aliphatic carbocycles. The van der Waals surface area contributed by atoms with Gasteiger partial charge in [0, 0.05) is 29.1 Å². The van der Waals surface area contributed by atoms with Crippen LogP contribution in [0.5, 0.6) is 5.75 Å². The van der Waals surface area contributed by atoms with Crippen molar-refractivity contribution in [3.05, 3.63) is 58.1 Å². The summed E-state index contributed by atoms with van der Waals surface area (Å²) < 4.78 is 34.1. The van der Waals surface area contributed by atoms with Gasteiger partial charge in [-0.15, -0.1) is 0 Å². The van der Waals surface area contributed by atoms with Crippen LogP contribution in [0.4, 0.5) is 5.69 Å². The molecule has 0 aromatic heterocycles. The van der Waals surface area contributed by atoms with Crippen LogP contribution in [-0.4, -0.2) is 51.0 Å². The lowest BCUT2D eigenvalue weighted by Gasteiger charge is -2.53. The van der Waals surface area contributed by atoms with E-state index < -0.39 is 22.0 Å². The van der Waals surface area contributed by atoms with Crippen LogP contribution in [0.25, 0.3) is 0 Å². The molecule has 2 aliphatic heterocycles. The third kappa shape index (κ3) is 5.23. The molecule has 6 rings (SSSR count). The highest BCUT2D eigenvalue weighted by Crippen LogP contribution is 2.52. The fraction of sp³-hybridized carbons (Fsp3) is 0.581. The Kier molecular flexibility index (Phi) is 7.33. The summed E-state index contributed by atoms with van der Waals surface area (Å²) in [5.74, 6) is 0.145. The van der Waals surface area contributed by atoms with E-state index in [1.165, 1.54) is 11.1 Å². The Balaban J connectivity index is 1.43. The molecule has 1 amide bonds. The summed E-state index contributed by atoms with van der Waals surface area (Å²) in [4.78, 5) is 15.5. The summed E-state index contributed by atoms with van der Waals surface area (Å²) in [6.07, 6.45) is 7.16. The lowest BCUT2D eigenvalue weighted by Crippen LogP contribution is -2.54. The molecule has 1 unspecified atom stereocenters. The molecule has 7 nitrogen and oxygen atoms in total. The van der Waals surface area contributed by atoms with Gasteiger partial charge >= 0.3 is 0 Å². The van der Waals surface area contributed by atoms with E-state index in [0.29, 0.717) is 43.7 Å². The van der Waals surface area contributed by atoms with Crippen molar-refractivity contribution in [2.75, 3.05) is 30.3 Å². The van der Waals surface area contributed by atoms with Crippen LogP contribution in [0.15, 0.2) is 36.4 Å². The van der Waals surface area contributed by atoms with Gasteiger partial charge in [-0.25, -0.2) is 13.1 Å². The number of sulfonamides is 1. The molecule has 40 heavy (non-hydrogen) atoms. The van der Waals surface area contributed by atoms with Crippen LogP contribution < -0.4 is 14.4 Å². The van der Waals surface area contributed by atoms with Gasteiger partial charge in [0.25, 0.3) is 5.91 Å². The van der Waals surface area contributed by atoms with Crippen LogP contribution in [0.2, 0.25) is 5.02 Å². The number of fused-ring (bicyclic) bond motifs is 4. The minimum atomic E-state index is -3.76. The molecule has 2 bridgehead atoms.